The zero-order chi connectivity index (χ0) is 17.7. The average molecular weight is 396 g/mol. The molecule has 0 aliphatic heterocycles. The van der Waals surface area contributed by atoms with Crippen LogP contribution in [0.1, 0.15) is 35.8 Å². The van der Waals surface area contributed by atoms with Crippen LogP contribution in [0.25, 0.3) is 0 Å². The van der Waals surface area contributed by atoms with E-state index in [4.69, 9.17) is 0 Å². The number of hydrogen-bond donors (Lipinski definition) is 0. The number of aryl methyl sites for hydroxylation is 1. The van der Waals surface area contributed by atoms with Gasteiger partial charge >= 0.3 is 0 Å². The van der Waals surface area contributed by atoms with E-state index < -0.39 is 0 Å². The smallest absolute Gasteiger partial charge is 0.274 e. The van der Waals surface area contributed by atoms with Gasteiger partial charge in [0.1, 0.15) is 11.5 Å². The van der Waals surface area contributed by atoms with Gasteiger partial charge in [0.2, 0.25) is 0 Å². The van der Waals surface area contributed by atoms with E-state index in [0.29, 0.717) is 12.1 Å². The van der Waals surface area contributed by atoms with Crippen molar-refractivity contribution in [2.24, 2.45) is 0 Å². The minimum absolute atomic E-state index is 0.111. The second kappa shape index (κ2) is 8.19. The minimum Gasteiger partial charge on any atom is -0.336 e. The fourth-order valence-electron chi connectivity index (χ4n) is 2.22. The van der Waals surface area contributed by atoms with Crippen molar-refractivity contribution < 1.29 is 9.18 Å². The molecule has 2 aromatic rings. The Morgan fingerprint density at radius 3 is 2.79 bits per heavy atom. The molecule has 5 nitrogen and oxygen atoms in total. The molecule has 0 fully saturated rings. The van der Waals surface area contributed by atoms with E-state index in [1.165, 1.54) is 27.8 Å². The van der Waals surface area contributed by atoms with Crippen molar-refractivity contribution in [3.8, 4) is 0 Å². The highest BCUT2D eigenvalue weighted by Gasteiger charge is 2.16. The first-order valence-electron chi connectivity index (χ1n) is 7.70. The van der Waals surface area contributed by atoms with Crippen LogP contribution in [0, 0.1) is 5.82 Å². The van der Waals surface area contributed by atoms with Crippen molar-refractivity contribution >= 4 is 21.8 Å². The molecule has 1 amide bonds. The first-order chi connectivity index (χ1) is 11.4. The van der Waals surface area contributed by atoms with Gasteiger partial charge in [-0.05, 0) is 30.7 Å². The topological polar surface area (TPSA) is 55.2 Å². The Hall–Kier alpha value is -2.02. The van der Waals surface area contributed by atoms with Crippen molar-refractivity contribution in [1.29, 1.82) is 0 Å². The summed E-state index contributed by atoms with van der Waals surface area (Å²) < 4.78 is 15.9. The molecule has 0 N–H and O–H groups in total. The molecule has 0 spiro atoms. The Kier molecular flexibility index (Phi) is 6.25. The molecule has 0 unspecified atom stereocenters. The van der Waals surface area contributed by atoms with Gasteiger partial charge in [0, 0.05) is 36.2 Å². The molecule has 1 aromatic carbocycles. The maximum atomic E-state index is 13.8. The quantitative estimate of drug-likeness (QED) is 0.754. The number of aromatic nitrogens is 2. The lowest BCUT2D eigenvalue weighted by Crippen LogP contribution is -2.31. The lowest BCUT2D eigenvalue weighted by atomic mass is 10.2. The molecule has 0 aliphatic rings. The van der Waals surface area contributed by atoms with Gasteiger partial charge in [-0.2, -0.15) is 5.10 Å². The average Bonchev–Trinajstić information content (AvgIpc) is 2.56. The second-order valence-electron chi connectivity index (χ2n) is 5.53. The molecular weight excluding hydrogens is 377 g/mol. The summed E-state index contributed by atoms with van der Waals surface area (Å²) in [6.45, 7) is 2.60. The number of rotatable bonds is 6. The summed E-state index contributed by atoms with van der Waals surface area (Å²) in [5.41, 5.74) is 0.337. The predicted octanol–water partition coefficient (Wildman–Crippen LogP) is 3.22. The van der Waals surface area contributed by atoms with Gasteiger partial charge in [-0.1, -0.05) is 29.3 Å². The maximum Gasteiger partial charge on any atom is 0.274 e. The van der Waals surface area contributed by atoms with Crippen molar-refractivity contribution in [2.45, 2.75) is 32.9 Å². The van der Waals surface area contributed by atoms with E-state index in [1.54, 1.807) is 19.2 Å². The van der Waals surface area contributed by atoms with Crippen LogP contribution < -0.4 is 5.56 Å². The zero-order valence-corrected chi connectivity index (χ0v) is 15.2. The number of amides is 1. The third-order valence-electron chi connectivity index (χ3n) is 3.57. The predicted molar refractivity (Wildman–Crippen MR) is 93.3 cm³/mol. The summed E-state index contributed by atoms with van der Waals surface area (Å²) in [5, 5.41) is 4.12. The summed E-state index contributed by atoms with van der Waals surface area (Å²) in [7, 11) is 1.58. The molecule has 0 saturated heterocycles. The first kappa shape index (κ1) is 18.3. The molecule has 128 valence electrons. The molecule has 0 saturated carbocycles. The maximum absolute atomic E-state index is 13.8. The van der Waals surface area contributed by atoms with Gasteiger partial charge in [0.25, 0.3) is 11.5 Å². The number of hydrogen-bond acceptors (Lipinski definition) is 3. The van der Waals surface area contributed by atoms with Gasteiger partial charge in [0.05, 0.1) is 0 Å². The van der Waals surface area contributed by atoms with Crippen LogP contribution in [-0.4, -0.2) is 27.6 Å². The fraction of sp³-hybridized carbons (Fsp3) is 0.353. The number of carbonyl (C=O) groups is 1. The second-order valence-corrected chi connectivity index (χ2v) is 6.45. The lowest BCUT2D eigenvalue weighted by molar-refractivity contribution is 0.0775. The van der Waals surface area contributed by atoms with E-state index in [2.05, 4.69) is 21.0 Å². The molecule has 7 heteroatoms. The summed E-state index contributed by atoms with van der Waals surface area (Å²) in [6, 6.07) is 7.33. The van der Waals surface area contributed by atoms with Gasteiger partial charge in [-0.3, -0.25) is 9.59 Å². The first-order valence-corrected chi connectivity index (χ1v) is 8.49. The molecule has 1 heterocycles. The Bertz CT molecular complexity index is 792. The summed E-state index contributed by atoms with van der Waals surface area (Å²) in [5.74, 6) is -0.738. The molecule has 2 rings (SSSR count). The van der Waals surface area contributed by atoms with Crippen molar-refractivity contribution in [2.75, 3.05) is 7.05 Å². The van der Waals surface area contributed by atoms with E-state index in [1.807, 2.05) is 6.92 Å². The summed E-state index contributed by atoms with van der Waals surface area (Å²) in [4.78, 5) is 25.6. The minimum atomic E-state index is -0.376. The largest absolute Gasteiger partial charge is 0.336 e. The Morgan fingerprint density at radius 1 is 1.33 bits per heavy atom. The molecule has 0 bridgehead atoms. The molecule has 24 heavy (non-hydrogen) atoms. The van der Waals surface area contributed by atoms with E-state index in [0.717, 1.165) is 17.3 Å². The van der Waals surface area contributed by atoms with Crippen molar-refractivity contribution in [3.63, 3.8) is 0 Å². The molecular formula is C17H19BrFN3O2. The number of halogens is 2. The van der Waals surface area contributed by atoms with Crippen molar-refractivity contribution in [1.82, 2.24) is 14.7 Å². The zero-order valence-electron chi connectivity index (χ0n) is 13.6. The highest BCUT2D eigenvalue weighted by molar-refractivity contribution is 9.10. The Morgan fingerprint density at radius 2 is 2.08 bits per heavy atom. The standard InChI is InChI=1S/C17H19BrFN3O2/c1-3-4-9-22-16(23)8-7-15(20-22)17(24)21(2)11-12-10-13(18)5-6-14(12)19/h5-8,10H,3-4,9,11H2,1-2H3. The molecule has 0 atom stereocenters. The molecule has 0 radical (unpaired) electrons. The van der Waals surface area contributed by atoms with E-state index >= 15 is 0 Å². The summed E-state index contributed by atoms with van der Waals surface area (Å²) in [6.07, 6.45) is 1.73. The van der Waals surface area contributed by atoms with Gasteiger partial charge in [0.15, 0.2) is 0 Å². The van der Waals surface area contributed by atoms with Crippen LogP contribution >= 0.6 is 15.9 Å². The van der Waals surface area contributed by atoms with E-state index in [9.17, 15) is 14.0 Å². The Balaban J connectivity index is 2.18. The van der Waals surface area contributed by atoms with Gasteiger partial charge in [-0.25, -0.2) is 9.07 Å². The normalized spacial score (nSPS) is 10.7. The summed E-state index contributed by atoms with van der Waals surface area (Å²) >= 11 is 3.29. The third kappa shape index (κ3) is 4.50. The van der Waals surface area contributed by atoms with Crippen molar-refractivity contribution in [3.05, 3.63) is 62.2 Å². The van der Waals surface area contributed by atoms with Gasteiger partial charge < -0.3 is 4.90 Å². The SMILES string of the molecule is CCCCn1nc(C(=O)N(C)Cc2cc(Br)ccc2F)ccc1=O. The van der Waals surface area contributed by atoms with Crippen LogP contribution in [0.3, 0.4) is 0 Å². The highest BCUT2D eigenvalue weighted by Crippen LogP contribution is 2.17. The van der Waals surface area contributed by atoms with Crippen LogP contribution in [0.5, 0.6) is 0 Å². The van der Waals surface area contributed by atoms with Crippen LogP contribution in [-0.2, 0) is 13.1 Å². The number of unbranched alkanes of at least 4 members (excludes halogenated alkanes) is 1. The Labute approximate surface area is 148 Å². The third-order valence-corrected chi connectivity index (χ3v) is 4.06. The number of nitrogens with zero attached hydrogens (tertiary/aromatic N) is 3. The van der Waals surface area contributed by atoms with Crippen LogP contribution in [0.4, 0.5) is 4.39 Å². The lowest BCUT2D eigenvalue weighted by Gasteiger charge is -2.18. The fourth-order valence-corrected chi connectivity index (χ4v) is 2.63. The highest BCUT2D eigenvalue weighted by atomic mass is 79.9. The van der Waals surface area contributed by atoms with Crippen LogP contribution in [0.15, 0.2) is 39.6 Å². The molecule has 1 aromatic heterocycles. The monoisotopic (exact) mass is 395 g/mol. The number of carbonyl (C=O) groups excluding carboxylic acids is 1. The molecule has 0 aliphatic carbocycles. The van der Waals surface area contributed by atoms with E-state index in [-0.39, 0.29) is 29.5 Å². The number of benzene rings is 1. The van der Waals surface area contributed by atoms with Gasteiger partial charge in [-0.15, -0.1) is 0 Å². The van der Waals surface area contributed by atoms with Crippen LogP contribution in [0.2, 0.25) is 0 Å².